The van der Waals surface area contributed by atoms with Crippen molar-refractivity contribution in [3.63, 3.8) is 0 Å². The Kier molecular flexibility index (Phi) is 13.9. The van der Waals surface area contributed by atoms with Gasteiger partial charge in [-0.1, -0.05) is 26.8 Å². The Morgan fingerprint density at radius 2 is 1.52 bits per heavy atom. The van der Waals surface area contributed by atoms with Gasteiger partial charge in [0.25, 0.3) is 5.91 Å². The third-order valence-corrected chi connectivity index (χ3v) is 14.7. The number of alkyl halides is 3. The van der Waals surface area contributed by atoms with Crippen molar-refractivity contribution in [3.05, 3.63) is 76.6 Å². The smallest absolute Gasteiger partial charge is 0.433 e. The van der Waals surface area contributed by atoms with Crippen molar-refractivity contribution in [2.45, 2.75) is 96.4 Å². The summed E-state index contributed by atoms with van der Waals surface area (Å²) in [6.45, 7) is 7.17. The lowest BCUT2D eigenvalue weighted by Crippen LogP contribution is -2.42. The second-order valence-corrected chi connectivity index (χ2v) is 17.7. The highest BCUT2D eigenvalue weighted by molar-refractivity contribution is 6.73. The molecule has 15 heteroatoms. The van der Waals surface area contributed by atoms with Gasteiger partial charge in [-0.05, 0) is 80.6 Å². The number of hydrogen-bond donors (Lipinski definition) is 0. The SMILES string of the molecule is CCOC(=O)[C@H]1CC[C@H](n2ncc(C(=O)N(Cc3cc(F)cc(F)c3)CC(O[Si](CC)(CC)CC)c3c(OC)cccc3OC)c2C(F)(F)F)CC1. The number of amides is 1. The molecule has 1 fully saturated rings. The first-order valence-electron chi connectivity index (χ1n) is 17.7. The molecule has 1 aromatic heterocycles. The van der Waals surface area contributed by atoms with E-state index in [0.29, 0.717) is 54.1 Å². The van der Waals surface area contributed by atoms with E-state index < -0.39 is 67.9 Å². The first-order chi connectivity index (χ1) is 24.7. The minimum absolute atomic E-state index is 0.0276. The zero-order chi connectivity index (χ0) is 38.2. The third-order valence-electron chi connectivity index (χ3n) is 10.0. The van der Waals surface area contributed by atoms with E-state index in [4.69, 9.17) is 18.6 Å². The average Bonchev–Trinajstić information content (AvgIpc) is 3.59. The zero-order valence-corrected chi connectivity index (χ0v) is 31.5. The quantitative estimate of drug-likeness (QED) is 0.0820. The van der Waals surface area contributed by atoms with Crippen molar-refractivity contribution in [1.82, 2.24) is 14.7 Å². The van der Waals surface area contributed by atoms with Gasteiger partial charge in [-0.2, -0.15) is 18.3 Å². The molecule has 52 heavy (non-hydrogen) atoms. The van der Waals surface area contributed by atoms with E-state index in [1.165, 1.54) is 14.2 Å². The predicted molar refractivity (Wildman–Crippen MR) is 187 cm³/mol. The van der Waals surface area contributed by atoms with Crippen LogP contribution in [0.5, 0.6) is 11.5 Å². The number of halogens is 5. The Labute approximate surface area is 302 Å². The van der Waals surface area contributed by atoms with Crippen LogP contribution in [-0.4, -0.2) is 62.2 Å². The summed E-state index contributed by atoms with van der Waals surface area (Å²) in [7, 11) is 0.418. The summed E-state index contributed by atoms with van der Waals surface area (Å²) < 4.78 is 98.1. The standard InChI is InChI=1S/C37H48F5N3O6Si/c1-7-50-36(47)25-14-16-28(17-15-25)45-34(37(40,41)42)29(21-43-45)35(46)44(22-24-18-26(38)20-27(39)19-24)23-32(51-52(8-2,9-3)10-4)33-30(48-5)12-11-13-31(33)49-6/h11-13,18-21,25,28,32H,7-10,14-17,22-23H2,1-6H3/t25-,28-,32?. The normalized spacial score (nSPS) is 17.1. The lowest BCUT2D eigenvalue weighted by atomic mass is 9.86. The maximum atomic E-state index is 15.0. The molecule has 1 unspecified atom stereocenters. The van der Waals surface area contributed by atoms with Crippen LogP contribution in [0.15, 0.2) is 42.6 Å². The monoisotopic (exact) mass is 753 g/mol. The molecule has 3 aromatic rings. The molecular formula is C37H48F5N3O6Si. The minimum Gasteiger partial charge on any atom is -0.496 e. The molecule has 1 aliphatic carbocycles. The highest BCUT2D eigenvalue weighted by atomic mass is 28.4. The van der Waals surface area contributed by atoms with Gasteiger partial charge in [-0.25, -0.2) is 8.78 Å². The van der Waals surface area contributed by atoms with Crippen molar-refractivity contribution in [2.24, 2.45) is 5.92 Å². The third kappa shape index (κ3) is 9.32. The molecule has 0 N–H and O–H groups in total. The van der Waals surface area contributed by atoms with Crippen LogP contribution in [0.2, 0.25) is 18.1 Å². The summed E-state index contributed by atoms with van der Waals surface area (Å²) in [4.78, 5) is 28.0. The van der Waals surface area contributed by atoms with Crippen LogP contribution >= 0.6 is 0 Å². The van der Waals surface area contributed by atoms with Gasteiger partial charge in [0.15, 0.2) is 14.0 Å². The van der Waals surface area contributed by atoms with Crippen molar-refractivity contribution in [3.8, 4) is 11.5 Å². The summed E-state index contributed by atoms with van der Waals surface area (Å²) in [6.07, 6.45) is -4.01. The fourth-order valence-corrected chi connectivity index (χ4v) is 9.89. The Balaban J connectivity index is 1.84. The first-order valence-corrected chi connectivity index (χ1v) is 20.2. The molecule has 0 radical (unpaired) electrons. The molecule has 1 amide bonds. The number of methoxy groups -OCH3 is 2. The minimum atomic E-state index is -4.99. The lowest BCUT2D eigenvalue weighted by molar-refractivity contribution is -0.151. The molecule has 1 aliphatic rings. The van der Waals surface area contributed by atoms with Crippen LogP contribution in [0.3, 0.4) is 0 Å². The van der Waals surface area contributed by atoms with Gasteiger partial charge in [0.1, 0.15) is 23.1 Å². The van der Waals surface area contributed by atoms with Crippen LogP contribution in [0, 0.1) is 17.6 Å². The van der Waals surface area contributed by atoms with E-state index in [2.05, 4.69) is 5.10 Å². The van der Waals surface area contributed by atoms with Gasteiger partial charge in [-0.3, -0.25) is 14.3 Å². The Morgan fingerprint density at radius 3 is 2.02 bits per heavy atom. The number of carbonyl (C=O) groups is 2. The van der Waals surface area contributed by atoms with Gasteiger partial charge in [0.2, 0.25) is 0 Å². The Hall–Kier alpha value is -3.98. The molecule has 0 spiro atoms. The average molecular weight is 754 g/mol. The highest BCUT2D eigenvalue weighted by Crippen LogP contribution is 2.42. The number of esters is 1. The number of rotatable bonds is 16. The molecule has 286 valence electrons. The number of nitrogens with zero attached hydrogens (tertiary/aromatic N) is 3. The van der Waals surface area contributed by atoms with E-state index in [1.807, 2.05) is 20.8 Å². The fourth-order valence-electron chi connectivity index (χ4n) is 7.09. The van der Waals surface area contributed by atoms with Gasteiger partial charge < -0.3 is 23.5 Å². The Bertz CT molecular complexity index is 1620. The molecule has 0 saturated heterocycles. The maximum absolute atomic E-state index is 15.0. The molecular weight excluding hydrogens is 705 g/mol. The number of ether oxygens (including phenoxy) is 3. The van der Waals surface area contributed by atoms with E-state index >= 15 is 0 Å². The largest absolute Gasteiger partial charge is 0.496 e. The van der Waals surface area contributed by atoms with Crippen LogP contribution in [0.25, 0.3) is 0 Å². The van der Waals surface area contributed by atoms with Crippen LogP contribution < -0.4 is 9.47 Å². The van der Waals surface area contributed by atoms with Gasteiger partial charge >= 0.3 is 12.1 Å². The summed E-state index contributed by atoms with van der Waals surface area (Å²) in [5.74, 6) is -2.93. The molecule has 2 aromatic carbocycles. The highest BCUT2D eigenvalue weighted by Gasteiger charge is 2.44. The number of carbonyl (C=O) groups excluding carboxylic acids is 2. The first kappa shape index (κ1) is 40.8. The molecule has 1 heterocycles. The second kappa shape index (κ2) is 17.7. The summed E-state index contributed by atoms with van der Waals surface area (Å²) in [5.41, 5.74) is -1.47. The van der Waals surface area contributed by atoms with Crippen molar-refractivity contribution < 1.29 is 50.2 Å². The molecule has 1 saturated carbocycles. The maximum Gasteiger partial charge on any atom is 0.433 e. The zero-order valence-electron chi connectivity index (χ0n) is 30.5. The number of hydrogen-bond acceptors (Lipinski definition) is 7. The number of aromatic nitrogens is 2. The fraction of sp³-hybridized carbons (Fsp3) is 0.541. The van der Waals surface area contributed by atoms with E-state index in [9.17, 15) is 31.5 Å². The van der Waals surface area contributed by atoms with E-state index in [1.54, 1.807) is 25.1 Å². The summed E-state index contributed by atoms with van der Waals surface area (Å²) in [5, 5.41) is 4.09. The topological polar surface area (TPSA) is 92.1 Å². The molecule has 0 bridgehead atoms. The van der Waals surface area contributed by atoms with Crippen molar-refractivity contribution in [2.75, 3.05) is 27.4 Å². The van der Waals surface area contributed by atoms with Gasteiger partial charge in [-0.15, -0.1) is 0 Å². The molecule has 0 aliphatic heterocycles. The summed E-state index contributed by atoms with van der Waals surface area (Å²) >= 11 is 0. The lowest BCUT2D eigenvalue weighted by Gasteiger charge is -2.37. The van der Waals surface area contributed by atoms with Crippen LogP contribution in [-0.2, 0) is 26.7 Å². The van der Waals surface area contributed by atoms with Crippen LogP contribution in [0.1, 0.15) is 92.7 Å². The molecule has 4 rings (SSSR count). The van der Waals surface area contributed by atoms with E-state index in [-0.39, 0.29) is 37.5 Å². The predicted octanol–water partition coefficient (Wildman–Crippen LogP) is 8.90. The summed E-state index contributed by atoms with van der Waals surface area (Å²) in [6, 6.07) is 9.23. The second-order valence-electron chi connectivity index (χ2n) is 13.0. The number of benzene rings is 2. The Morgan fingerprint density at radius 1 is 0.942 bits per heavy atom. The van der Waals surface area contributed by atoms with E-state index in [0.717, 1.165) is 27.9 Å². The van der Waals surface area contributed by atoms with Crippen molar-refractivity contribution in [1.29, 1.82) is 0 Å². The van der Waals surface area contributed by atoms with Crippen LogP contribution in [0.4, 0.5) is 22.0 Å². The van der Waals surface area contributed by atoms with Gasteiger partial charge in [0.05, 0.1) is 62.8 Å². The molecule has 1 atom stereocenters. The molecule has 9 nitrogen and oxygen atoms in total. The van der Waals surface area contributed by atoms with Gasteiger partial charge in [0, 0.05) is 12.6 Å². The van der Waals surface area contributed by atoms with Crippen molar-refractivity contribution >= 4 is 20.2 Å².